The highest BCUT2D eigenvalue weighted by Crippen LogP contribution is 1.85. The lowest BCUT2D eigenvalue weighted by Gasteiger charge is -1.89. The molecule has 0 saturated carbocycles. The molecule has 2 nitrogen and oxygen atoms in total. The van der Waals surface area contributed by atoms with Gasteiger partial charge in [0.15, 0.2) is 5.05 Å². The minimum atomic E-state index is 0. The Morgan fingerprint density at radius 3 is 2.00 bits per heavy atom. The maximum absolute atomic E-state index is 8.36. The van der Waals surface area contributed by atoms with Gasteiger partial charge in [-0.25, -0.2) is 0 Å². The van der Waals surface area contributed by atoms with Crippen molar-refractivity contribution in [3.05, 3.63) is 0 Å². The van der Waals surface area contributed by atoms with Crippen LogP contribution in [-0.2, 0) is 0 Å². The van der Waals surface area contributed by atoms with Gasteiger partial charge in [-0.05, 0) is 25.2 Å². The molecule has 3 N–H and O–H groups in total. The molecule has 5 heteroatoms. The summed E-state index contributed by atoms with van der Waals surface area (Å²) in [6, 6.07) is 0. The minimum absolute atomic E-state index is 0. The van der Waals surface area contributed by atoms with Crippen LogP contribution >= 0.6 is 37.0 Å². The van der Waals surface area contributed by atoms with E-state index >= 15 is 0 Å². The summed E-state index contributed by atoms with van der Waals surface area (Å²) in [6.45, 7) is 0.598. The maximum Gasteiger partial charge on any atom is 0.156 e. The van der Waals surface area contributed by atoms with Crippen LogP contribution in [0.5, 0.6) is 0 Å². The van der Waals surface area contributed by atoms with E-state index in [1.807, 2.05) is 0 Å². The van der Waals surface area contributed by atoms with Gasteiger partial charge in [-0.1, -0.05) is 0 Å². The van der Waals surface area contributed by atoms with E-state index in [1.54, 1.807) is 0 Å². The fourth-order valence-electron chi connectivity index (χ4n) is 0.253. The Kier molecular flexibility index (Phi) is 20.3. The standard InChI is InChI=1S/C4H9NOS.2ClH/c5-3-1-2-4(6)7;;/h1-3,5H2,(H,6,7);2*1H. The Balaban J connectivity index is -0.000000180. The van der Waals surface area contributed by atoms with E-state index in [4.69, 9.17) is 10.8 Å². The molecule has 0 saturated heterocycles. The van der Waals surface area contributed by atoms with Crippen LogP contribution in [0.2, 0.25) is 0 Å². The fraction of sp³-hybridized carbons (Fsp3) is 0.750. The van der Waals surface area contributed by atoms with E-state index in [-0.39, 0.29) is 29.9 Å². The highest BCUT2D eigenvalue weighted by atomic mass is 35.5. The summed E-state index contributed by atoms with van der Waals surface area (Å²) in [5.41, 5.74) is 5.11. The van der Waals surface area contributed by atoms with E-state index in [2.05, 4.69) is 12.2 Å². The van der Waals surface area contributed by atoms with Crippen molar-refractivity contribution >= 4 is 42.1 Å². The van der Waals surface area contributed by atoms with Gasteiger partial charge in [0.1, 0.15) is 0 Å². The molecule has 0 spiro atoms. The molecule has 0 aliphatic carbocycles. The first-order valence-corrected chi connectivity index (χ1v) is 2.60. The zero-order valence-electron chi connectivity index (χ0n) is 4.87. The highest BCUT2D eigenvalue weighted by molar-refractivity contribution is 7.80. The molecule has 0 heterocycles. The number of thiocarbonyl (C=S) groups is 1. The highest BCUT2D eigenvalue weighted by Gasteiger charge is 1.86. The molecule has 58 valence electrons. The van der Waals surface area contributed by atoms with Gasteiger partial charge in [0.05, 0.1) is 0 Å². The first kappa shape index (κ1) is 16.2. The molecule has 0 bridgehead atoms. The fourth-order valence-corrected chi connectivity index (χ4v) is 0.398. The lowest BCUT2D eigenvalue weighted by Crippen LogP contribution is -2.01. The quantitative estimate of drug-likeness (QED) is 0.665. The number of rotatable bonds is 3. The predicted molar refractivity (Wildman–Crippen MR) is 48.0 cm³/mol. The Hall–Kier alpha value is 0.430. The predicted octanol–water partition coefficient (Wildman–Crippen LogP) is 1.45. The second kappa shape index (κ2) is 11.3. The maximum atomic E-state index is 8.36. The molecule has 0 aromatic carbocycles. The molecule has 0 amide bonds. The van der Waals surface area contributed by atoms with Crippen molar-refractivity contribution in [1.82, 2.24) is 0 Å². The monoisotopic (exact) mass is 191 g/mol. The van der Waals surface area contributed by atoms with E-state index in [9.17, 15) is 0 Å². The molecular formula is C4H11Cl2NOS. The average Bonchev–Trinajstić information content (AvgIpc) is 1.61. The summed E-state index contributed by atoms with van der Waals surface area (Å²) in [6.07, 6.45) is 1.35. The third-order valence-electron chi connectivity index (χ3n) is 0.595. The van der Waals surface area contributed by atoms with Gasteiger partial charge >= 0.3 is 0 Å². The summed E-state index contributed by atoms with van der Waals surface area (Å²) in [5.74, 6) is 0. The molecule has 0 unspecified atom stereocenters. The number of aliphatic hydroxyl groups excluding tert-OH is 1. The third-order valence-corrected chi connectivity index (χ3v) is 0.799. The Labute approximate surface area is 72.6 Å². The number of halogens is 2. The van der Waals surface area contributed by atoms with E-state index < -0.39 is 0 Å². The summed E-state index contributed by atoms with van der Waals surface area (Å²) in [4.78, 5) is 0. The van der Waals surface area contributed by atoms with Gasteiger partial charge in [-0.2, -0.15) is 0 Å². The van der Waals surface area contributed by atoms with Crippen LogP contribution in [0.4, 0.5) is 0 Å². The Morgan fingerprint density at radius 1 is 1.44 bits per heavy atom. The van der Waals surface area contributed by atoms with Crippen molar-refractivity contribution in [2.24, 2.45) is 5.73 Å². The van der Waals surface area contributed by atoms with Gasteiger partial charge < -0.3 is 10.8 Å². The minimum Gasteiger partial charge on any atom is -0.502 e. The van der Waals surface area contributed by atoms with E-state index in [1.165, 1.54) is 0 Å². The molecule has 0 fully saturated rings. The second-order valence-electron chi connectivity index (χ2n) is 1.29. The molecule has 0 atom stereocenters. The molecule has 0 radical (unpaired) electrons. The van der Waals surface area contributed by atoms with Crippen LogP contribution < -0.4 is 5.73 Å². The van der Waals surface area contributed by atoms with Crippen molar-refractivity contribution in [2.75, 3.05) is 6.54 Å². The summed E-state index contributed by atoms with van der Waals surface area (Å²) >= 11 is 4.36. The molecule has 0 aliphatic rings. The van der Waals surface area contributed by atoms with E-state index in [0.29, 0.717) is 13.0 Å². The zero-order chi connectivity index (χ0) is 5.70. The largest absolute Gasteiger partial charge is 0.502 e. The van der Waals surface area contributed by atoms with Crippen molar-refractivity contribution in [3.63, 3.8) is 0 Å². The van der Waals surface area contributed by atoms with Crippen LogP contribution in [0.1, 0.15) is 12.8 Å². The first-order valence-electron chi connectivity index (χ1n) is 2.19. The van der Waals surface area contributed by atoms with Gasteiger partial charge in [-0.15, -0.1) is 24.8 Å². The molecule has 0 aromatic rings. The second-order valence-corrected chi connectivity index (χ2v) is 1.76. The van der Waals surface area contributed by atoms with Crippen molar-refractivity contribution in [3.8, 4) is 0 Å². The van der Waals surface area contributed by atoms with Crippen LogP contribution in [0.3, 0.4) is 0 Å². The van der Waals surface area contributed by atoms with Crippen LogP contribution in [0.25, 0.3) is 0 Å². The summed E-state index contributed by atoms with van der Waals surface area (Å²) < 4.78 is 0. The molecular weight excluding hydrogens is 181 g/mol. The first-order chi connectivity index (χ1) is 3.27. The van der Waals surface area contributed by atoms with Crippen LogP contribution in [0, 0.1) is 0 Å². The Morgan fingerprint density at radius 2 is 1.89 bits per heavy atom. The number of aliphatic hydroxyl groups is 1. The van der Waals surface area contributed by atoms with Crippen LogP contribution in [0.15, 0.2) is 0 Å². The van der Waals surface area contributed by atoms with Crippen LogP contribution in [-0.4, -0.2) is 16.7 Å². The van der Waals surface area contributed by atoms with Gasteiger partial charge in [0.2, 0.25) is 0 Å². The number of hydrogen-bond donors (Lipinski definition) is 2. The zero-order valence-corrected chi connectivity index (χ0v) is 7.32. The third kappa shape index (κ3) is 17.8. The smallest absolute Gasteiger partial charge is 0.156 e. The van der Waals surface area contributed by atoms with Crippen molar-refractivity contribution in [2.45, 2.75) is 12.8 Å². The van der Waals surface area contributed by atoms with Gasteiger partial charge in [0.25, 0.3) is 0 Å². The lowest BCUT2D eigenvalue weighted by atomic mass is 10.3. The Bertz CT molecular complexity index is 71.6. The molecule has 0 aromatic heterocycles. The average molecular weight is 192 g/mol. The van der Waals surface area contributed by atoms with E-state index in [0.717, 1.165) is 6.42 Å². The molecule has 0 rings (SSSR count). The summed E-state index contributed by atoms with van der Waals surface area (Å²) in [5, 5.41) is 8.42. The van der Waals surface area contributed by atoms with Gasteiger partial charge in [-0.3, -0.25) is 0 Å². The van der Waals surface area contributed by atoms with Crippen molar-refractivity contribution < 1.29 is 5.11 Å². The SMILES string of the molecule is Cl.Cl.NCCCC(O)=S. The number of nitrogens with two attached hydrogens (primary N) is 1. The van der Waals surface area contributed by atoms with Gasteiger partial charge in [0, 0.05) is 6.42 Å². The van der Waals surface area contributed by atoms with Crippen molar-refractivity contribution in [1.29, 1.82) is 0 Å². The lowest BCUT2D eigenvalue weighted by molar-refractivity contribution is 0.544. The molecule has 9 heavy (non-hydrogen) atoms. The molecule has 0 aliphatic heterocycles. The normalized spacial score (nSPS) is 6.78. The summed E-state index contributed by atoms with van der Waals surface area (Å²) in [7, 11) is 0. The topological polar surface area (TPSA) is 46.2 Å². The number of hydrogen-bond acceptors (Lipinski definition) is 2.